The molecule has 1 atom stereocenters. The molecule has 1 heterocycles. The number of carboxylic acids is 1. The van der Waals surface area contributed by atoms with Crippen LogP contribution in [0.15, 0.2) is 22.7 Å². The molecule has 0 radical (unpaired) electrons. The summed E-state index contributed by atoms with van der Waals surface area (Å²) in [6.45, 7) is 0.723. The normalized spacial score (nSPS) is 18.9. The van der Waals surface area contributed by atoms with E-state index in [9.17, 15) is 4.79 Å². The van der Waals surface area contributed by atoms with Crippen LogP contribution in [0.4, 0.5) is 0 Å². The van der Waals surface area contributed by atoms with E-state index in [1.165, 1.54) is 0 Å². The third kappa shape index (κ3) is 2.59. The zero-order valence-corrected chi connectivity index (χ0v) is 11.2. The first-order valence-electron chi connectivity index (χ1n) is 4.43. The minimum absolute atomic E-state index is 0. The number of hydrogen-bond donors (Lipinski definition) is 2. The van der Waals surface area contributed by atoms with Crippen LogP contribution in [0, 0.1) is 0 Å². The van der Waals surface area contributed by atoms with Crippen molar-refractivity contribution in [1.82, 2.24) is 5.32 Å². The number of halogens is 2. The van der Waals surface area contributed by atoms with E-state index in [0.717, 1.165) is 28.6 Å². The number of hydrogen-bond acceptors (Lipinski definition) is 2. The molecule has 0 aliphatic carbocycles. The average molecular weight is 337 g/mol. The molecule has 1 aromatic rings. The van der Waals surface area contributed by atoms with Crippen LogP contribution in [0.25, 0.3) is 0 Å². The molecule has 1 aliphatic heterocycles. The smallest absolute Gasteiger partial charge is 0.325 e. The van der Waals surface area contributed by atoms with E-state index in [0.29, 0.717) is 0 Å². The Morgan fingerprint density at radius 2 is 2.27 bits per heavy atom. The average Bonchev–Trinajstić information content (AvgIpc) is 2.16. The summed E-state index contributed by atoms with van der Waals surface area (Å²) in [5.41, 5.74) is 2.00. The van der Waals surface area contributed by atoms with E-state index >= 15 is 0 Å². The fourth-order valence-electron chi connectivity index (χ4n) is 1.75. The van der Waals surface area contributed by atoms with Crippen molar-refractivity contribution in [3.63, 3.8) is 0 Å². The molecule has 2 rings (SSSR count). The fraction of sp³-hybridized carbons (Fsp3) is 0.300. The molecule has 5 heteroatoms. The van der Waals surface area contributed by atoms with Gasteiger partial charge in [0.25, 0.3) is 0 Å². The van der Waals surface area contributed by atoms with Gasteiger partial charge in [0.05, 0.1) is 0 Å². The van der Waals surface area contributed by atoms with Gasteiger partial charge in [-0.1, -0.05) is 22.0 Å². The third-order valence-corrected chi connectivity index (χ3v) is 2.90. The Balaban J connectivity index is 0.00000112. The lowest BCUT2D eigenvalue weighted by molar-refractivity contribution is -0.139. The van der Waals surface area contributed by atoms with Gasteiger partial charge in [0, 0.05) is 11.0 Å². The van der Waals surface area contributed by atoms with Crippen molar-refractivity contribution < 1.29 is 9.90 Å². The van der Waals surface area contributed by atoms with Gasteiger partial charge in [0.1, 0.15) is 6.04 Å². The molecule has 0 amide bonds. The Bertz CT molecular complexity index is 382. The van der Waals surface area contributed by atoms with Gasteiger partial charge in [-0.3, -0.25) is 4.79 Å². The molecule has 0 fully saturated rings. The van der Waals surface area contributed by atoms with Crippen LogP contribution in [-0.4, -0.2) is 17.6 Å². The summed E-state index contributed by atoms with van der Waals surface area (Å²) < 4.78 is 1.00. The second kappa shape index (κ2) is 5.09. The molecule has 1 aliphatic rings. The molecule has 0 spiro atoms. The first-order valence-corrected chi connectivity index (χ1v) is 5.22. The van der Waals surface area contributed by atoms with E-state index in [-0.39, 0.29) is 17.0 Å². The maximum atomic E-state index is 10.9. The number of benzene rings is 1. The highest BCUT2D eigenvalue weighted by atomic mass is 79.9. The standard InChI is InChI=1S/C10H10BrNO2.BrH/c11-7-1-2-8-6(5-7)3-4-12-9(8)10(13)14;/h1-2,5,9,12H,3-4H2,(H,13,14);1H. The predicted molar refractivity (Wildman–Crippen MR) is 66.5 cm³/mol. The number of fused-ring (bicyclic) bond motifs is 1. The number of aliphatic carboxylic acids is 1. The predicted octanol–water partition coefficient (Wildman–Crippen LogP) is 2.30. The molecule has 82 valence electrons. The molecule has 0 saturated carbocycles. The highest BCUT2D eigenvalue weighted by molar-refractivity contribution is 9.10. The lowest BCUT2D eigenvalue weighted by atomic mass is 9.94. The van der Waals surface area contributed by atoms with Crippen LogP contribution in [0.5, 0.6) is 0 Å². The van der Waals surface area contributed by atoms with Gasteiger partial charge in [-0.2, -0.15) is 0 Å². The van der Waals surface area contributed by atoms with Gasteiger partial charge in [-0.05, 0) is 29.7 Å². The van der Waals surface area contributed by atoms with Crippen molar-refractivity contribution in [1.29, 1.82) is 0 Å². The highest BCUT2D eigenvalue weighted by Crippen LogP contribution is 2.25. The molecule has 0 bridgehead atoms. The SMILES string of the molecule is Br.O=C(O)C1NCCc2cc(Br)ccc21. The van der Waals surface area contributed by atoms with Crippen molar-refractivity contribution in [2.45, 2.75) is 12.5 Å². The first kappa shape index (κ1) is 12.7. The summed E-state index contributed by atoms with van der Waals surface area (Å²) in [4.78, 5) is 10.9. The summed E-state index contributed by atoms with van der Waals surface area (Å²) in [5, 5.41) is 12.0. The molecule has 2 N–H and O–H groups in total. The Labute approximate surface area is 107 Å². The maximum Gasteiger partial charge on any atom is 0.325 e. The van der Waals surface area contributed by atoms with E-state index in [1.807, 2.05) is 18.2 Å². The zero-order valence-electron chi connectivity index (χ0n) is 7.87. The van der Waals surface area contributed by atoms with Gasteiger partial charge in [0.15, 0.2) is 0 Å². The Morgan fingerprint density at radius 1 is 1.53 bits per heavy atom. The molecule has 1 aromatic carbocycles. The van der Waals surface area contributed by atoms with Gasteiger partial charge in [-0.25, -0.2) is 0 Å². The summed E-state index contributed by atoms with van der Waals surface area (Å²) in [6, 6.07) is 5.19. The largest absolute Gasteiger partial charge is 0.480 e. The second-order valence-corrected chi connectivity index (χ2v) is 4.23. The summed E-state index contributed by atoms with van der Waals surface area (Å²) in [7, 11) is 0. The van der Waals surface area contributed by atoms with Gasteiger partial charge in [0.2, 0.25) is 0 Å². The number of nitrogens with one attached hydrogen (secondary N) is 1. The molecular formula is C10H11Br2NO2. The Morgan fingerprint density at radius 3 is 2.93 bits per heavy atom. The maximum absolute atomic E-state index is 10.9. The van der Waals surface area contributed by atoms with Gasteiger partial charge < -0.3 is 10.4 Å². The lowest BCUT2D eigenvalue weighted by Crippen LogP contribution is -2.34. The Kier molecular flexibility index (Phi) is 4.31. The summed E-state index contributed by atoms with van der Waals surface area (Å²) in [5.74, 6) is -0.812. The van der Waals surface area contributed by atoms with Crippen molar-refractivity contribution in [3.05, 3.63) is 33.8 Å². The number of carbonyl (C=O) groups is 1. The summed E-state index contributed by atoms with van der Waals surface area (Å²) in [6.07, 6.45) is 0.887. The minimum Gasteiger partial charge on any atom is -0.480 e. The summed E-state index contributed by atoms with van der Waals surface area (Å²) >= 11 is 3.38. The second-order valence-electron chi connectivity index (χ2n) is 3.32. The quantitative estimate of drug-likeness (QED) is 0.827. The Hall–Kier alpha value is -0.390. The van der Waals surface area contributed by atoms with Crippen molar-refractivity contribution in [2.75, 3.05) is 6.54 Å². The van der Waals surface area contributed by atoms with Crippen LogP contribution >= 0.6 is 32.9 Å². The molecule has 0 aromatic heterocycles. The van der Waals surface area contributed by atoms with Crippen LogP contribution in [0.3, 0.4) is 0 Å². The number of carboxylic acid groups (broad SMARTS) is 1. The molecule has 0 saturated heterocycles. The molecule has 1 unspecified atom stereocenters. The van der Waals surface area contributed by atoms with E-state index in [2.05, 4.69) is 21.2 Å². The minimum atomic E-state index is -0.812. The van der Waals surface area contributed by atoms with Gasteiger partial charge >= 0.3 is 5.97 Å². The van der Waals surface area contributed by atoms with Crippen LogP contribution in [-0.2, 0) is 11.2 Å². The van der Waals surface area contributed by atoms with Crippen molar-refractivity contribution in [3.8, 4) is 0 Å². The monoisotopic (exact) mass is 335 g/mol. The van der Waals surface area contributed by atoms with Gasteiger partial charge in [-0.15, -0.1) is 17.0 Å². The molecular weight excluding hydrogens is 326 g/mol. The van der Waals surface area contributed by atoms with E-state index < -0.39 is 12.0 Å². The highest BCUT2D eigenvalue weighted by Gasteiger charge is 2.25. The van der Waals surface area contributed by atoms with E-state index in [4.69, 9.17) is 5.11 Å². The topological polar surface area (TPSA) is 49.3 Å². The van der Waals surface area contributed by atoms with Crippen LogP contribution < -0.4 is 5.32 Å². The van der Waals surface area contributed by atoms with Crippen molar-refractivity contribution >= 4 is 38.9 Å². The molecule has 15 heavy (non-hydrogen) atoms. The third-order valence-electron chi connectivity index (χ3n) is 2.41. The first-order chi connectivity index (χ1) is 6.68. The van der Waals surface area contributed by atoms with Crippen LogP contribution in [0.1, 0.15) is 17.2 Å². The fourth-order valence-corrected chi connectivity index (χ4v) is 2.16. The lowest BCUT2D eigenvalue weighted by Gasteiger charge is -2.23. The van der Waals surface area contributed by atoms with Crippen LogP contribution in [0.2, 0.25) is 0 Å². The molecule has 3 nitrogen and oxygen atoms in total. The van der Waals surface area contributed by atoms with E-state index in [1.54, 1.807) is 0 Å². The zero-order chi connectivity index (χ0) is 10.1. The number of rotatable bonds is 1. The van der Waals surface area contributed by atoms with Crippen molar-refractivity contribution in [2.24, 2.45) is 0 Å².